The summed E-state index contributed by atoms with van der Waals surface area (Å²) in [4.78, 5) is 22.7. The summed E-state index contributed by atoms with van der Waals surface area (Å²) in [6, 6.07) is 13.5. The fourth-order valence-corrected chi connectivity index (χ4v) is 3.81. The molecule has 0 aliphatic carbocycles. The van der Waals surface area contributed by atoms with E-state index in [4.69, 9.17) is 9.47 Å². The lowest BCUT2D eigenvalue weighted by Gasteiger charge is -2.41. The van der Waals surface area contributed by atoms with Crippen LogP contribution >= 0.6 is 0 Å². The monoisotopic (exact) mass is 460 g/mol. The van der Waals surface area contributed by atoms with Gasteiger partial charge in [-0.2, -0.15) is 0 Å². The highest BCUT2D eigenvalue weighted by Gasteiger charge is 2.30. The smallest absolute Gasteiger partial charge is 0.247 e. The molecule has 176 valence electrons. The Hall–Kier alpha value is -4.11. The van der Waals surface area contributed by atoms with Crippen molar-refractivity contribution < 1.29 is 14.3 Å². The number of aliphatic imine (C=N–C) groups is 2. The molecule has 2 aliphatic rings. The minimum atomic E-state index is -0.273. The molecule has 3 N–H and O–H groups in total. The van der Waals surface area contributed by atoms with E-state index in [2.05, 4.69) is 44.0 Å². The van der Waals surface area contributed by atoms with Crippen LogP contribution in [0.15, 0.2) is 77.9 Å². The molecule has 0 spiro atoms. The number of fused-ring (bicyclic) bond motifs is 3. The lowest BCUT2D eigenvalue weighted by atomic mass is 10.1. The number of carbonyl (C=O) groups is 1. The van der Waals surface area contributed by atoms with Crippen molar-refractivity contribution in [2.75, 3.05) is 47.2 Å². The van der Waals surface area contributed by atoms with Crippen LogP contribution in [0.3, 0.4) is 0 Å². The molecule has 0 aromatic heterocycles. The van der Waals surface area contributed by atoms with Crippen LogP contribution in [-0.4, -0.2) is 50.1 Å². The van der Waals surface area contributed by atoms with E-state index in [0.29, 0.717) is 30.7 Å². The summed E-state index contributed by atoms with van der Waals surface area (Å²) in [7, 11) is 0. The van der Waals surface area contributed by atoms with Gasteiger partial charge >= 0.3 is 0 Å². The summed E-state index contributed by atoms with van der Waals surface area (Å²) in [6.45, 7) is 11.8. The number of hydrogen-bond acceptors (Lipinski definition) is 5. The summed E-state index contributed by atoms with van der Waals surface area (Å²) in [5.41, 5.74) is 3.29. The van der Waals surface area contributed by atoms with E-state index >= 15 is 0 Å². The second-order valence-electron chi connectivity index (χ2n) is 7.77. The topological polar surface area (TPSA) is 99.6 Å². The van der Waals surface area contributed by atoms with Crippen LogP contribution in [0.1, 0.15) is 6.92 Å². The molecule has 4 rings (SSSR count). The number of rotatable bonds is 5. The van der Waals surface area contributed by atoms with Gasteiger partial charge in [-0.05, 0) is 43.3 Å². The summed E-state index contributed by atoms with van der Waals surface area (Å²) in [5.74, 6) is 1.52. The molecular formula is C25H28N6O3. The molecule has 0 radical (unpaired) electrons. The van der Waals surface area contributed by atoms with Crippen LogP contribution in [0.5, 0.6) is 5.75 Å². The number of guanidine groups is 1. The molecule has 1 atom stereocenters. The van der Waals surface area contributed by atoms with Crippen molar-refractivity contribution in [2.45, 2.75) is 13.0 Å². The minimum absolute atomic E-state index is 0.250. The molecule has 1 fully saturated rings. The zero-order valence-corrected chi connectivity index (χ0v) is 19.1. The Bertz CT molecular complexity index is 1140. The third kappa shape index (κ3) is 5.62. The zero-order chi connectivity index (χ0) is 23.9. The summed E-state index contributed by atoms with van der Waals surface area (Å²) < 4.78 is 11.5. The van der Waals surface area contributed by atoms with Gasteiger partial charge < -0.3 is 30.3 Å². The molecule has 2 aromatic carbocycles. The number of benzene rings is 2. The Kier molecular flexibility index (Phi) is 7.24. The van der Waals surface area contributed by atoms with Crippen LogP contribution in [0.2, 0.25) is 0 Å². The molecule has 9 heteroatoms. The lowest BCUT2D eigenvalue weighted by Crippen LogP contribution is -2.51. The van der Waals surface area contributed by atoms with Crippen LogP contribution in [0.4, 0.5) is 22.7 Å². The lowest BCUT2D eigenvalue weighted by molar-refractivity contribution is -0.111. The molecule has 1 unspecified atom stereocenters. The first-order valence-electron chi connectivity index (χ1n) is 11.0. The second-order valence-corrected chi connectivity index (χ2v) is 7.77. The van der Waals surface area contributed by atoms with E-state index < -0.39 is 0 Å². The average molecular weight is 461 g/mol. The molecule has 0 saturated carbocycles. The van der Waals surface area contributed by atoms with Gasteiger partial charge in [-0.1, -0.05) is 19.2 Å². The number of morpholine rings is 1. The maximum atomic E-state index is 11.5. The highest BCUT2D eigenvalue weighted by Crippen LogP contribution is 2.37. The van der Waals surface area contributed by atoms with Crippen molar-refractivity contribution >= 4 is 40.5 Å². The quantitative estimate of drug-likeness (QED) is 0.356. The third-order valence-electron chi connectivity index (χ3n) is 5.31. The van der Waals surface area contributed by atoms with E-state index in [-0.39, 0.29) is 11.9 Å². The first kappa shape index (κ1) is 23.1. The molecule has 9 nitrogen and oxygen atoms in total. The Morgan fingerprint density at radius 1 is 1.09 bits per heavy atom. The van der Waals surface area contributed by atoms with Crippen molar-refractivity contribution in [1.82, 2.24) is 0 Å². The number of amides is 1. The van der Waals surface area contributed by atoms with Crippen LogP contribution < -0.4 is 25.6 Å². The van der Waals surface area contributed by atoms with Crippen molar-refractivity contribution in [3.63, 3.8) is 0 Å². The fourth-order valence-electron chi connectivity index (χ4n) is 3.81. The maximum absolute atomic E-state index is 11.5. The first-order valence-corrected chi connectivity index (χ1v) is 11.0. The standard InChI is InChI=1S/C25H28N6O3/c1-4-24(32)29-19-8-6-7-18(13-19)27-17(3)28-25(26-5-2)30-20-9-10-22-23(14-20)34-16-21-15-33-12-11-31(21)22/h4-10,13-14,21H,1-2,11-12,15-16H2,3H3,(H,29,32)(H2,26,27,28,30). The van der Waals surface area contributed by atoms with Crippen LogP contribution in [0, 0.1) is 0 Å². The third-order valence-corrected chi connectivity index (χ3v) is 5.31. The van der Waals surface area contributed by atoms with Gasteiger partial charge in [0.25, 0.3) is 0 Å². The number of hydrogen-bond donors (Lipinski definition) is 3. The van der Waals surface area contributed by atoms with E-state index in [9.17, 15) is 4.79 Å². The Morgan fingerprint density at radius 2 is 1.88 bits per heavy atom. The molecule has 2 heterocycles. The Labute approximate surface area is 198 Å². The molecule has 2 aromatic rings. The molecule has 0 bridgehead atoms. The fraction of sp³-hybridized carbons (Fsp3) is 0.240. The van der Waals surface area contributed by atoms with Gasteiger partial charge in [-0.25, -0.2) is 9.98 Å². The van der Waals surface area contributed by atoms with E-state index in [1.807, 2.05) is 37.3 Å². The number of ether oxygens (including phenoxy) is 2. The van der Waals surface area contributed by atoms with Gasteiger partial charge in [0.2, 0.25) is 11.9 Å². The first-order chi connectivity index (χ1) is 16.6. The van der Waals surface area contributed by atoms with Crippen molar-refractivity contribution in [3.8, 4) is 5.75 Å². The highest BCUT2D eigenvalue weighted by molar-refractivity contribution is 6.07. The summed E-state index contributed by atoms with van der Waals surface area (Å²) in [5, 5.41) is 9.16. The molecule has 2 aliphatic heterocycles. The van der Waals surface area contributed by atoms with E-state index in [0.717, 1.165) is 36.0 Å². The van der Waals surface area contributed by atoms with Gasteiger partial charge in [-0.15, -0.1) is 0 Å². The number of carbonyl (C=O) groups excluding carboxylic acids is 1. The van der Waals surface area contributed by atoms with Gasteiger partial charge in [0.1, 0.15) is 18.2 Å². The Morgan fingerprint density at radius 3 is 2.68 bits per heavy atom. The predicted molar refractivity (Wildman–Crippen MR) is 137 cm³/mol. The molecular weight excluding hydrogens is 432 g/mol. The second kappa shape index (κ2) is 10.7. The minimum Gasteiger partial charge on any atom is -0.489 e. The number of nitrogens with zero attached hydrogens (tertiary/aromatic N) is 3. The normalized spacial score (nSPS) is 17.6. The molecule has 1 saturated heterocycles. The number of amidine groups is 1. The van der Waals surface area contributed by atoms with Crippen molar-refractivity contribution in [2.24, 2.45) is 9.98 Å². The van der Waals surface area contributed by atoms with E-state index in [1.165, 1.54) is 12.3 Å². The van der Waals surface area contributed by atoms with Crippen molar-refractivity contribution in [1.29, 1.82) is 0 Å². The highest BCUT2D eigenvalue weighted by atomic mass is 16.5. The average Bonchev–Trinajstić information content (AvgIpc) is 2.84. The van der Waals surface area contributed by atoms with Gasteiger partial charge in [0.05, 0.1) is 24.9 Å². The Balaban J connectivity index is 1.46. The molecule has 34 heavy (non-hydrogen) atoms. The largest absolute Gasteiger partial charge is 0.489 e. The number of nitrogens with one attached hydrogen (secondary N) is 3. The van der Waals surface area contributed by atoms with Crippen molar-refractivity contribution in [3.05, 3.63) is 67.9 Å². The summed E-state index contributed by atoms with van der Waals surface area (Å²) in [6.07, 6.45) is 2.65. The van der Waals surface area contributed by atoms with E-state index in [1.54, 1.807) is 12.1 Å². The van der Waals surface area contributed by atoms with Gasteiger partial charge in [0.15, 0.2) is 0 Å². The van der Waals surface area contributed by atoms with Crippen LogP contribution in [0.25, 0.3) is 0 Å². The van der Waals surface area contributed by atoms with Gasteiger partial charge in [-0.3, -0.25) is 4.79 Å². The predicted octanol–water partition coefficient (Wildman–Crippen LogP) is 3.85. The SMILES string of the molecule is C=CN=C(N=C(C)Nc1cccc(NC(=O)C=C)c1)Nc1ccc2c(c1)OCC1COCCN21. The molecule has 1 amide bonds. The van der Waals surface area contributed by atoms with Gasteiger partial charge in [0, 0.05) is 35.9 Å². The summed E-state index contributed by atoms with van der Waals surface area (Å²) >= 11 is 0. The number of anilines is 4. The zero-order valence-electron chi connectivity index (χ0n) is 19.1. The van der Waals surface area contributed by atoms with Crippen LogP contribution in [-0.2, 0) is 9.53 Å². The maximum Gasteiger partial charge on any atom is 0.247 e.